The number of carbonyl (C=O) groups excluding carboxylic acids is 1. The predicted octanol–water partition coefficient (Wildman–Crippen LogP) is 7.96. The fourth-order valence-corrected chi connectivity index (χ4v) is 5.03. The van der Waals surface area contributed by atoms with E-state index >= 15 is 0 Å². The average molecular weight is 601 g/mol. The molecule has 7 nitrogen and oxygen atoms in total. The van der Waals surface area contributed by atoms with Gasteiger partial charge in [0, 0.05) is 27.2 Å². The zero-order chi connectivity index (χ0) is 29.6. The second kappa shape index (κ2) is 10.8. The zero-order valence-electron chi connectivity index (χ0n) is 22.5. The Hall–Kier alpha value is -3.89. The lowest BCUT2D eigenvalue weighted by Gasteiger charge is -2.12. The molecule has 0 spiro atoms. The summed E-state index contributed by atoms with van der Waals surface area (Å²) in [5, 5.41) is 12.1. The first-order valence-electron chi connectivity index (χ1n) is 12.7. The van der Waals surface area contributed by atoms with Crippen LogP contribution in [0.2, 0.25) is 10.0 Å². The number of carbonyl (C=O) groups is 1. The number of benzene rings is 2. The number of aromatic nitrogens is 5. The molecule has 3 heterocycles. The molecular formula is C29H25Cl2F3N6O. The van der Waals surface area contributed by atoms with Crippen molar-refractivity contribution in [3.05, 3.63) is 98.5 Å². The minimum atomic E-state index is -4.73. The molecule has 1 amide bonds. The molecule has 5 rings (SSSR count). The van der Waals surface area contributed by atoms with Crippen molar-refractivity contribution in [3.8, 4) is 11.3 Å². The molecule has 0 aliphatic rings. The molecule has 0 aliphatic carbocycles. The summed E-state index contributed by atoms with van der Waals surface area (Å²) in [7, 11) is 0. The lowest BCUT2D eigenvalue weighted by molar-refractivity contribution is -0.142. The van der Waals surface area contributed by atoms with Gasteiger partial charge in [0.2, 0.25) is 0 Å². The number of aryl methyl sites for hydroxylation is 1. The fraction of sp³-hybridized carbons (Fsp3) is 0.241. The van der Waals surface area contributed by atoms with Crippen LogP contribution >= 0.6 is 23.2 Å². The van der Waals surface area contributed by atoms with Gasteiger partial charge in [-0.3, -0.25) is 9.48 Å². The second-order valence-corrected chi connectivity index (χ2v) is 10.8. The maximum absolute atomic E-state index is 14.1. The maximum atomic E-state index is 14.1. The van der Waals surface area contributed by atoms with Crippen molar-refractivity contribution in [2.45, 2.75) is 46.3 Å². The van der Waals surface area contributed by atoms with E-state index in [2.05, 4.69) is 20.5 Å². The predicted molar refractivity (Wildman–Crippen MR) is 153 cm³/mol. The molecule has 12 heteroatoms. The number of alkyl halides is 3. The van der Waals surface area contributed by atoms with Crippen LogP contribution in [0.1, 0.15) is 58.5 Å². The molecule has 0 saturated carbocycles. The Labute approximate surface area is 243 Å². The lowest BCUT2D eigenvalue weighted by atomic mass is 10.0. The summed E-state index contributed by atoms with van der Waals surface area (Å²) in [6, 6.07) is 14.5. The number of halogens is 5. The minimum absolute atomic E-state index is 0.106. The van der Waals surface area contributed by atoms with Gasteiger partial charge in [0.05, 0.1) is 29.3 Å². The Morgan fingerprint density at radius 1 is 1.00 bits per heavy atom. The summed E-state index contributed by atoms with van der Waals surface area (Å²) < 4.78 is 44.5. The number of amides is 1. The van der Waals surface area contributed by atoms with Gasteiger partial charge < -0.3 is 5.32 Å². The molecule has 1 N–H and O–H groups in total. The zero-order valence-corrected chi connectivity index (χ0v) is 24.0. The van der Waals surface area contributed by atoms with E-state index < -0.39 is 17.8 Å². The summed E-state index contributed by atoms with van der Waals surface area (Å²) >= 11 is 12.6. The molecular weight excluding hydrogens is 576 g/mol. The molecule has 41 heavy (non-hydrogen) atoms. The van der Waals surface area contributed by atoms with Gasteiger partial charge in [0.25, 0.3) is 5.91 Å². The van der Waals surface area contributed by atoms with Gasteiger partial charge in [-0.05, 0) is 43.5 Å². The van der Waals surface area contributed by atoms with Crippen LogP contribution in [0.4, 0.5) is 18.9 Å². The van der Waals surface area contributed by atoms with E-state index in [9.17, 15) is 18.0 Å². The summed E-state index contributed by atoms with van der Waals surface area (Å²) in [4.78, 5) is 17.6. The van der Waals surface area contributed by atoms with Crippen molar-refractivity contribution in [1.82, 2.24) is 24.4 Å². The highest BCUT2D eigenvalue weighted by molar-refractivity contribution is 6.36. The monoisotopic (exact) mass is 600 g/mol. The number of nitrogens with zero attached hydrogens (tertiary/aromatic N) is 5. The summed E-state index contributed by atoms with van der Waals surface area (Å²) in [6.45, 7) is 7.78. The molecule has 0 saturated heterocycles. The number of hydrogen-bond acceptors (Lipinski definition) is 4. The third-order valence-electron chi connectivity index (χ3n) is 6.81. The van der Waals surface area contributed by atoms with Gasteiger partial charge in [-0.1, -0.05) is 67.4 Å². The van der Waals surface area contributed by atoms with Crippen LogP contribution in [0.5, 0.6) is 0 Å². The Morgan fingerprint density at radius 2 is 1.66 bits per heavy atom. The topological polar surface area (TPSA) is 77.1 Å². The largest absolute Gasteiger partial charge is 0.433 e. The number of nitrogens with one attached hydrogen (secondary N) is 1. The number of fused-ring (bicyclic) bond motifs is 1. The van der Waals surface area contributed by atoms with Gasteiger partial charge in [-0.2, -0.15) is 23.4 Å². The smallest absolute Gasteiger partial charge is 0.317 e. The maximum Gasteiger partial charge on any atom is 0.433 e. The third-order valence-corrected chi connectivity index (χ3v) is 7.52. The van der Waals surface area contributed by atoms with Crippen LogP contribution in [0, 0.1) is 13.8 Å². The van der Waals surface area contributed by atoms with Gasteiger partial charge >= 0.3 is 6.18 Å². The molecule has 2 aromatic carbocycles. The number of anilines is 1. The van der Waals surface area contributed by atoms with Gasteiger partial charge in [0.15, 0.2) is 17.0 Å². The van der Waals surface area contributed by atoms with Crippen molar-refractivity contribution in [1.29, 1.82) is 0 Å². The fourth-order valence-electron chi connectivity index (χ4n) is 4.52. The van der Waals surface area contributed by atoms with Crippen molar-refractivity contribution in [2.75, 3.05) is 5.32 Å². The first-order valence-corrected chi connectivity index (χ1v) is 13.5. The first kappa shape index (κ1) is 28.6. The van der Waals surface area contributed by atoms with E-state index in [-0.39, 0.29) is 29.5 Å². The van der Waals surface area contributed by atoms with E-state index in [1.807, 2.05) is 26.0 Å². The average Bonchev–Trinajstić information content (AvgIpc) is 3.46. The first-order chi connectivity index (χ1) is 19.3. The van der Waals surface area contributed by atoms with Crippen molar-refractivity contribution >= 4 is 40.4 Å². The summed E-state index contributed by atoms with van der Waals surface area (Å²) in [5.74, 6) is -0.428. The Balaban J connectivity index is 1.48. The molecule has 0 fully saturated rings. The van der Waals surface area contributed by atoms with Crippen molar-refractivity contribution in [2.24, 2.45) is 0 Å². The molecule has 212 valence electrons. The SMILES string of the molecule is Cc1nn(Cc2c(Cl)cccc2Cl)c(C)c1NC(=O)c1cc2nc(-c3ccc(C(C)C)cc3)cc(C(F)(F)F)n2n1. The van der Waals surface area contributed by atoms with Gasteiger partial charge in [-0.25, -0.2) is 9.50 Å². The standard InChI is InChI=1S/C29H25Cl2F3N6O/c1-15(2)18-8-10-19(11-9-18)23-12-25(29(32,33)34)40-26(35-23)13-24(38-40)28(41)36-27-16(3)37-39(17(27)4)14-20-21(30)6-5-7-22(20)31/h5-13,15H,14H2,1-4H3,(H,36,41). The van der Waals surface area contributed by atoms with E-state index in [0.29, 0.717) is 42.8 Å². The molecule has 0 radical (unpaired) electrons. The van der Waals surface area contributed by atoms with E-state index in [4.69, 9.17) is 23.2 Å². The summed E-state index contributed by atoms with van der Waals surface area (Å²) in [5.41, 5.74) is 2.51. The number of hydrogen-bond donors (Lipinski definition) is 1. The quantitative estimate of drug-likeness (QED) is 0.214. The highest BCUT2D eigenvalue weighted by Gasteiger charge is 2.36. The Bertz CT molecular complexity index is 1750. The van der Waals surface area contributed by atoms with Crippen molar-refractivity contribution in [3.63, 3.8) is 0 Å². The second-order valence-electron chi connectivity index (χ2n) is 9.96. The van der Waals surface area contributed by atoms with E-state index in [0.717, 1.165) is 11.6 Å². The van der Waals surface area contributed by atoms with Gasteiger partial charge in [0.1, 0.15) is 0 Å². The van der Waals surface area contributed by atoms with Crippen LogP contribution in [-0.2, 0) is 12.7 Å². The van der Waals surface area contributed by atoms with Crippen LogP contribution in [0.25, 0.3) is 16.9 Å². The molecule has 0 aliphatic heterocycles. The third kappa shape index (κ3) is 5.67. The highest BCUT2D eigenvalue weighted by Crippen LogP contribution is 2.33. The normalized spacial score (nSPS) is 12.0. The van der Waals surface area contributed by atoms with Crippen LogP contribution in [-0.4, -0.2) is 30.3 Å². The Kier molecular flexibility index (Phi) is 7.56. The van der Waals surface area contributed by atoms with Crippen LogP contribution in [0.15, 0.2) is 54.6 Å². The van der Waals surface area contributed by atoms with Crippen LogP contribution in [0.3, 0.4) is 0 Å². The highest BCUT2D eigenvalue weighted by atomic mass is 35.5. The van der Waals surface area contributed by atoms with Gasteiger partial charge in [-0.15, -0.1) is 0 Å². The van der Waals surface area contributed by atoms with E-state index in [1.165, 1.54) is 6.07 Å². The van der Waals surface area contributed by atoms with E-state index in [1.54, 1.807) is 48.9 Å². The minimum Gasteiger partial charge on any atom is -0.317 e. The number of rotatable bonds is 6. The van der Waals surface area contributed by atoms with Crippen molar-refractivity contribution < 1.29 is 18.0 Å². The molecule has 0 atom stereocenters. The lowest BCUT2D eigenvalue weighted by Crippen LogP contribution is -2.16. The molecule has 3 aromatic heterocycles. The summed E-state index contributed by atoms with van der Waals surface area (Å²) in [6.07, 6.45) is -4.73. The molecule has 0 bridgehead atoms. The molecule has 5 aromatic rings. The Morgan fingerprint density at radius 3 is 2.27 bits per heavy atom. The molecule has 0 unspecified atom stereocenters. The van der Waals surface area contributed by atoms with Crippen LogP contribution < -0.4 is 5.32 Å².